The molecule has 0 saturated heterocycles. The predicted octanol–water partition coefficient (Wildman–Crippen LogP) is 2.00. The Hall–Kier alpha value is -3.19. The highest BCUT2D eigenvalue weighted by atomic mass is 16.5. The van der Waals surface area contributed by atoms with Crippen molar-refractivity contribution in [3.05, 3.63) is 64.7 Å². The number of H-pyrrole nitrogens is 1. The number of carbonyl (C=O) groups excluding carboxylic acids is 1. The van der Waals surface area contributed by atoms with Gasteiger partial charge in [-0.25, -0.2) is 4.98 Å². The number of aromatic nitrogens is 2. The van der Waals surface area contributed by atoms with E-state index in [2.05, 4.69) is 15.3 Å². The summed E-state index contributed by atoms with van der Waals surface area (Å²) in [6.45, 7) is 0.513. The molecule has 0 saturated carbocycles. The van der Waals surface area contributed by atoms with Crippen LogP contribution in [-0.4, -0.2) is 41.5 Å². The molecule has 1 amide bonds. The summed E-state index contributed by atoms with van der Waals surface area (Å²) in [6.07, 6.45) is 0. The maximum atomic E-state index is 12.2. The molecule has 0 atom stereocenters. The van der Waals surface area contributed by atoms with Gasteiger partial charge in [0.05, 0.1) is 31.1 Å². The molecule has 0 unspecified atom stereocenters. The molecule has 7 nitrogen and oxygen atoms in total. The standard InChI is InChI=1S/C19H20N4O3/c1-23(12-18(24)20-13-6-5-7-14(10-13)26-2)11-17-21-16-9-4-3-8-15(16)19(25)22-17/h3-10H,11-12H2,1-2H3,(H,20,24)(H,21,22,25). The minimum Gasteiger partial charge on any atom is -0.497 e. The second-order valence-corrected chi connectivity index (χ2v) is 5.98. The van der Waals surface area contributed by atoms with Crippen molar-refractivity contribution in [2.75, 3.05) is 26.0 Å². The van der Waals surface area contributed by atoms with Crippen LogP contribution >= 0.6 is 0 Å². The molecular formula is C19H20N4O3. The maximum Gasteiger partial charge on any atom is 0.258 e. The summed E-state index contributed by atoms with van der Waals surface area (Å²) < 4.78 is 5.14. The number of hydrogen-bond donors (Lipinski definition) is 2. The molecule has 0 aliphatic carbocycles. The van der Waals surface area contributed by atoms with E-state index in [1.165, 1.54) is 0 Å². The molecular weight excluding hydrogens is 332 g/mol. The number of aromatic amines is 1. The van der Waals surface area contributed by atoms with Crippen molar-refractivity contribution in [1.29, 1.82) is 0 Å². The fraction of sp³-hybridized carbons (Fsp3) is 0.211. The van der Waals surface area contributed by atoms with Crippen LogP contribution in [-0.2, 0) is 11.3 Å². The summed E-state index contributed by atoms with van der Waals surface area (Å²) >= 11 is 0. The number of ether oxygens (including phenoxy) is 1. The van der Waals surface area contributed by atoms with Crippen LogP contribution in [0.25, 0.3) is 10.9 Å². The number of methoxy groups -OCH3 is 1. The van der Waals surface area contributed by atoms with E-state index >= 15 is 0 Å². The first-order valence-electron chi connectivity index (χ1n) is 8.15. The van der Waals surface area contributed by atoms with Gasteiger partial charge in [-0.1, -0.05) is 18.2 Å². The number of fused-ring (bicyclic) bond motifs is 1. The molecule has 7 heteroatoms. The Kier molecular flexibility index (Phi) is 5.28. The zero-order valence-corrected chi connectivity index (χ0v) is 14.7. The van der Waals surface area contributed by atoms with Crippen LogP contribution < -0.4 is 15.6 Å². The molecule has 1 heterocycles. The van der Waals surface area contributed by atoms with E-state index in [9.17, 15) is 9.59 Å². The Balaban J connectivity index is 1.64. The largest absolute Gasteiger partial charge is 0.497 e. The fourth-order valence-electron chi connectivity index (χ4n) is 2.67. The number of carbonyl (C=O) groups is 1. The lowest BCUT2D eigenvalue weighted by molar-refractivity contribution is -0.117. The van der Waals surface area contributed by atoms with Gasteiger partial charge in [-0.05, 0) is 31.3 Å². The lowest BCUT2D eigenvalue weighted by Crippen LogP contribution is -2.31. The molecule has 2 N–H and O–H groups in total. The minimum atomic E-state index is -0.181. The van der Waals surface area contributed by atoms with Crippen molar-refractivity contribution >= 4 is 22.5 Å². The highest BCUT2D eigenvalue weighted by Crippen LogP contribution is 2.16. The van der Waals surface area contributed by atoms with E-state index in [0.717, 1.165) is 0 Å². The summed E-state index contributed by atoms with van der Waals surface area (Å²) in [5.74, 6) is 1.03. The number of para-hydroxylation sites is 1. The first kappa shape index (κ1) is 17.6. The topological polar surface area (TPSA) is 87.3 Å². The van der Waals surface area contributed by atoms with Gasteiger partial charge in [0.25, 0.3) is 5.56 Å². The van der Waals surface area contributed by atoms with Gasteiger partial charge < -0.3 is 15.0 Å². The van der Waals surface area contributed by atoms with Gasteiger partial charge in [-0.2, -0.15) is 0 Å². The number of nitrogens with one attached hydrogen (secondary N) is 2. The Morgan fingerprint density at radius 1 is 1.23 bits per heavy atom. The van der Waals surface area contributed by atoms with E-state index < -0.39 is 0 Å². The van der Waals surface area contributed by atoms with Gasteiger partial charge >= 0.3 is 0 Å². The second-order valence-electron chi connectivity index (χ2n) is 5.98. The first-order valence-corrected chi connectivity index (χ1v) is 8.15. The van der Waals surface area contributed by atoms with E-state index in [4.69, 9.17) is 4.74 Å². The monoisotopic (exact) mass is 352 g/mol. The highest BCUT2D eigenvalue weighted by Gasteiger charge is 2.10. The zero-order valence-electron chi connectivity index (χ0n) is 14.7. The molecule has 0 spiro atoms. The van der Waals surface area contributed by atoms with Crippen molar-refractivity contribution in [3.63, 3.8) is 0 Å². The third-order valence-corrected chi connectivity index (χ3v) is 3.85. The van der Waals surface area contributed by atoms with Crippen molar-refractivity contribution < 1.29 is 9.53 Å². The molecule has 0 aliphatic heterocycles. The summed E-state index contributed by atoms with van der Waals surface area (Å²) in [4.78, 5) is 33.3. The number of anilines is 1. The molecule has 0 aliphatic rings. The zero-order chi connectivity index (χ0) is 18.5. The molecule has 3 rings (SSSR count). The summed E-state index contributed by atoms with van der Waals surface area (Å²) in [6, 6.07) is 14.3. The number of benzene rings is 2. The van der Waals surface area contributed by atoms with Crippen molar-refractivity contribution in [3.8, 4) is 5.75 Å². The molecule has 2 aromatic carbocycles. The second kappa shape index (κ2) is 7.79. The van der Waals surface area contributed by atoms with Crippen molar-refractivity contribution in [2.45, 2.75) is 6.54 Å². The molecule has 26 heavy (non-hydrogen) atoms. The van der Waals surface area contributed by atoms with Crippen molar-refractivity contribution in [2.24, 2.45) is 0 Å². The van der Waals surface area contributed by atoms with E-state index in [-0.39, 0.29) is 18.0 Å². The van der Waals surface area contributed by atoms with E-state index in [1.54, 1.807) is 49.4 Å². The van der Waals surface area contributed by atoms with Gasteiger partial charge in [0.1, 0.15) is 11.6 Å². The van der Waals surface area contributed by atoms with Crippen LogP contribution in [0.2, 0.25) is 0 Å². The van der Waals surface area contributed by atoms with Crippen LogP contribution in [0.15, 0.2) is 53.3 Å². The van der Waals surface area contributed by atoms with Crippen LogP contribution in [0.5, 0.6) is 5.75 Å². The van der Waals surface area contributed by atoms with Gasteiger partial charge in [0, 0.05) is 11.8 Å². The Bertz CT molecular complexity index is 984. The summed E-state index contributed by atoms with van der Waals surface area (Å²) in [7, 11) is 3.37. The molecule has 1 aromatic heterocycles. The number of rotatable bonds is 6. The number of amides is 1. The number of likely N-dealkylation sites (N-methyl/N-ethyl adjacent to an activating group) is 1. The molecule has 0 bridgehead atoms. The normalized spacial score (nSPS) is 10.9. The van der Waals surface area contributed by atoms with E-state index in [1.807, 2.05) is 18.2 Å². The lowest BCUT2D eigenvalue weighted by Gasteiger charge is -2.16. The lowest BCUT2D eigenvalue weighted by atomic mass is 10.2. The quantitative estimate of drug-likeness (QED) is 0.708. The van der Waals surface area contributed by atoms with Crippen LogP contribution in [0, 0.1) is 0 Å². The smallest absolute Gasteiger partial charge is 0.258 e. The van der Waals surface area contributed by atoms with Gasteiger partial charge in [0.15, 0.2) is 0 Å². The average Bonchev–Trinajstić information content (AvgIpc) is 2.61. The summed E-state index contributed by atoms with van der Waals surface area (Å²) in [5, 5.41) is 3.37. The Morgan fingerprint density at radius 3 is 2.85 bits per heavy atom. The molecule has 0 radical (unpaired) electrons. The molecule has 0 fully saturated rings. The minimum absolute atomic E-state index is 0.160. The van der Waals surface area contributed by atoms with Gasteiger partial charge in [-0.15, -0.1) is 0 Å². The third kappa shape index (κ3) is 4.25. The fourth-order valence-corrected chi connectivity index (χ4v) is 2.67. The average molecular weight is 352 g/mol. The van der Waals surface area contributed by atoms with Crippen LogP contribution in [0.3, 0.4) is 0 Å². The maximum absolute atomic E-state index is 12.2. The summed E-state index contributed by atoms with van der Waals surface area (Å²) in [5.41, 5.74) is 1.13. The Labute approximate surface area is 150 Å². The first-order chi connectivity index (χ1) is 12.5. The number of nitrogens with zero attached hydrogens (tertiary/aromatic N) is 2. The van der Waals surface area contributed by atoms with Crippen LogP contribution in [0.1, 0.15) is 5.82 Å². The highest BCUT2D eigenvalue weighted by molar-refractivity contribution is 5.92. The van der Waals surface area contributed by atoms with Crippen LogP contribution in [0.4, 0.5) is 5.69 Å². The molecule has 134 valence electrons. The third-order valence-electron chi connectivity index (χ3n) is 3.85. The molecule has 3 aromatic rings. The Morgan fingerprint density at radius 2 is 2.04 bits per heavy atom. The SMILES string of the molecule is COc1cccc(NC(=O)CN(C)Cc2nc3ccccc3c(=O)[nH]2)c1. The number of hydrogen-bond acceptors (Lipinski definition) is 5. The van der Waals surface area contributed by atoms with Gasteiger partial charge in [-0.3, -0.25) is 14.5 Å². The van der Waals surface area contributed by atoms with Crippen molar-refractivity contribution in [1.82, 2.24) is 14.9 Å². The van der Waals surface area contributed by atoms with E-state index in [0.29, 0.717) is 34.7 Å². The van der Waals surface area contributed by atoms with Gasteiger partial charge in [0.2, 0.25) is 5.91 Å². The predicted molar refractivity (Wildman–Crippen MR) is 100 cm³/mol.